The zero-order valence-electron chi connectivity index (χ0n) is 11.8. The molecule has 2 aromatic carbocycles. The van der Waals surface area contributed by atoms with Crippen molar-refractivity contribution in [3.63, 3.8) is 0 Å². The summed E-state index contributed by atoms with van der Waals surface area (Å²) in [6, 6.07) is 12.6. The first-order valence-corrected chi connectivity index (χ1v) is 7.24. The van der Waals surface area contributed by atoms with Crippen molar-refractivity contribution in [2.45, 2.75) is 26.3 Å². The molecule has 1 unspecified atom stereocenters. The highest BCUT2D eigenvalue weighted by molar-refractivity contribution is 6.30. The first-order chi connectivity index (χ1) is 9.61. The normalized spacial score (nSPS) is 12.4. The largest absolute Gasteiger partial charge is 0.306 e. The minimum Gasteiger partial charge on any atom is -0.306 e. The van der Waals surface area contributed by atoms with Crippen molar-refractivity contribution in [2.75, 3.05) is 6.54 Å². The summed E-state index contributed by atoms with van der Waals surface area (Å²) < 4.78 is 13.6. The second-order valence-corrected chi connectivity index (χ2v) is 5.38. The predicted molar refractivity (Wildman–Crippen MR) is 82.7 cm³/mol. The van der Waals surface area contributed by atoms with E-state index >= 15 is 0 Å². The summed E-state index contributed by atoms with van der Waals surface area (Å²) in [5.74, 6) is -0.212. The lowest BCUT2D eigenvalue weighted by molar-refractivity contribution is 0.583. The molecular formula is C17H19ClFN. The maximum Gasteiger partial charge on any atom is 0.123 e. The maximum atomic E-state index is 13.6. The molecule has 0 aliphatic rings. The molecule has 0 aromatic heterocycles. The van der Waals surface area contributed by atoms with Crippen LogP contribution in [0.3, 0.4) is 0 Å². The molecule has 0 spiro atoms. The van der Waals surface area contributed by atoms with E-state index in [2.05, 4.69) is 12.2 Å². The molecule has 0 saturated heterocycles. The van der Waals surface area contributed by atoms with E-state index in [1.54, 1.807) is 6.07 Å². The lowest BCUT2D eigenvalue weighted by Crippen LogP contribution is -2.24. The highest BCUT2D eigenvalue weighted by atomic mass is 35.5. The van der Waals surface area contributed by atoms with Crippen LogP contribution in [0.25, 0.3) is 0 Å². The van der Waals surface area contributed by atoms with Crippen LogP contribution >= 0.6 is 11.6 Å². The lowest BCUT2D eigenvalue weighted by atomic mass is 9.94. The fraction of sp³-hybridized carbons (Fsp3) is 0.294. The third kappa shape index (κ3) is 3.59. The van der Waals surface area contributed by atoms with E-state index in [1.165, 1.54) is 6.07 Å². The average molecular weight is 292 g/mol. The fourth-order valence-electron chi connectivity index (χ4n) is 2.30. The zero-order chi connectivity index (χ0) is 14.5. The van der Waals surface area contributed by atoms with E-state index in [9.17, 15) is 4.39 Å². The van der Waals surface area contributed by atoms with Crippen LogP contribution in [0.1, 0.15) is 36.1 Å². The number of hydrogen-bond donors (Lipinski definition) is 1. The summed E-state index contributed by atoms with van der Waals surface area (Å²) in [7, 11) is 0. The lowest BCUT2D eigenvalue weighted by Gasteiger charge is -2.22. The molecule has 106 valence electrons. The molecule has 0 radical (unpaired) electrons. The monoisotopic (exact) mass is 291 g/mol. The Labute approximate surface area is 124 Å². The van der Waals surface area contributed by atoms with Gasteiger partial charge in [0.2, 0.25) is 0 Å². The second-order valence-electron chi connectivity index (χ2n) is 4.94. The van der Waals surface area contributed by atoms with Gasteiger partial charge in [-0.25, -0.2) is 4.39 Å². The Balaban J connectivity index is 2.44. The molecule has 0 amide bonds. The van der Waals surface area contributed by atoms with Gasteiger partial charge in [0.05, 0.1) is 6.04 Å². The van der Waals surface area contributed by atoms with Gasteiger partial charge in [0, 0.05) is 5.02 Å². The number of halogens is 2. The van der Waals surface area contributed by atoms with Gasteiger partial charge in [0.25, 0.3) is 0 Å². The number of benzene rings is 2. The standard InChI is InChI=1S/C17H19ClFN/c1-3-9-20-17(13-5-4-6-14(18)10-13)16-11-15(19)8-7-12(16)2/h4-8,10-11,17,20H,3,9H2,1-2H3. The Morgan fingerprint density at radius 1 is 1.20 bits per heavy atom. The van der Waals surface area contributed by atoms with Crippen molar-refractivity contribution < 1.29 is 4.39 Å². The van der Waals surface area contributed by atoms with E-state index in [4.69, 9.17) is 11.6 Å². The van der Waals surface area contributed by atoms with Gasteiger partial charge in [-0.1, -0.05) is 36.7 Å². The molecular weight excluding hydrogens is 273 g/mol. The molecule has 3 heteroatoms. The van der Waals surface area contributed by atoms with Crippen LogP contribution in [0.4, 0.5) is 4.39 Å². The van der Waals surface area contributed by atoms with Gasteiger partial charge in [0.1, 0.15) is 5.82 Å². The van der Waals surface area contributed by atoms with Crippen molar-refractivity contribution >= 4 is 11.6 Å². The Morgan fingerprint density at radius 3 is 2.70 bits per heavy atom. The molecule has 1 N–H and O–H groups in total. The van der Waals surface area contributed by atoms with Crippen LogP contribution < -0.4 is 5.32 Å². The quantitative estimate of drug-likeness (QED) is 0.828. The Morgan fingerprint density at radius 2 is 2.00 bits per heavy atom. The molecule has 20 heavy (non-hydrogen) atoms. The number of nitrogens with one attached hydrogen (secondary N) is 1. The van der Waals surface area contributed by atoms with Crippen LogP contribution in [-0.2, 0) is 0 Å². The predicted octanol–water partition coefficient (Wildman–Crippen LogP) is 4.88. The fourth-order valence-corrected chi connectivity index (χ4v) is 2.50. The van der Waals surface area contributed by atoms with E-state index in [0.29, 0.717) is 5.02 Å². The van der Waals surface area contributed by atoms with Crippen LogP contribution in [0.2, 0.25) is 5.02 Å². The van der Waals surface area contributed by atoms with Gasteiger partial charge in [-0.3, -0.25) is 0 Å². The van der Waals surface area contributed by atoms with Crippen molar-refractivity contribution in [3.8, 4) is 0 Å². The third-order valence-corrected chi connectivity index (χ3v) is 3.57. The summed E-state index contributed by atoms with van der Waals surface area (Å²) in [6.07, 6.45) is 1.02. The minimum absolute atomic E-state index is 0.0376. The van der Waals surface area contributed by atoms with Crippen LogP contribution in [0.5, 0.6) is 0 Å². The van der Waals surface area contributed by atoms with E-state index in [1.807, 2.05) is 37.3 Å². The maximum absolute atomic E-state index is 13.6. The van der Waals surface area contributed by atoms with Gasteiger partial charge >= 0.3 is 0 Å². The summed E-state index contributed by atoms with van der Waals surface area (Å²) in [5, 5.41) is 4.17. The summed E-state index contributed by atoms with van der Waals surface area (Å²) >= 11 is 6.08. The second kappa shape index (κ2) is 6.87. The number of aryl methyl sites for hydroxylation is 1. The molecule has 2 aromatic rings. The first-order valence-electron chi connectivity index (χ1n) is 6.86. The summed E-state index contributed by atoms with van der Waals surface area (Å²) in [4.78, 5) is 0. The molecule has 0 bridgehead atoms. The molecule has 0 aliphatic heterocycles. The average Bonchev–Trinajstić information content (AvgIpc) is 2.43. The zero-order valence-corrected chi connectivity index (χ0v) is 12.5. The Bertz CT molecular complexity index is 583. The molecule has 1 nitrogen and oxygen atoms in total. The van der Waals surface area contributed by atoms with Crippen molar-refractivity contribution in [2.24, 2.45) is 0 Å². The van der Waals surface area contributed by atoms with E-state index < -0.39 is 0 Å². The summed E-state index contributed by atoms with van der Waals surface area (Å²) in [5.41, 5.74) is 3.08. The molecule has 0 fully saturated rings. The first kappa shape index (κ1) is 15.0. The SMILES string of the molecule is CCCNC(c1cccc(Cl)c1)c1cc(F)ccc1C. The summed E-state index contributed by atoms with van der Waals surface area (Å²) in [6.45, 7) is 4.98. The van der Waals surface area contributed by atoms with Crippen molar-refractivity contribution in [1.29, 1.82) is 0 Å². The number of hydrogen-bond acceptors (Lipinski definition) is 1. The van der Waals surface area contributed by atoms with Gasteiger partial charge in [-0.05, 0) is 60.8 Å². The topological polar surface area (TPSA) is 12.0 Å². The van der Waals surface area contributed by atoms with Gasteiger partial charge < -0.3 is 5.32 Å². The van der Waals surface area contributed by atoms with Gasteiger partial charge in [-0.15, -0.1) is 0 Å². The minimum atomic E-state index is -0.212. The molecule has 2 rings (SSSR count). The van der Waals surface area contributed by atoms with Gasteiger partial charge in [-0.2, -0.15) is 0 Å². The third-order valence-electron chi connectivity index (χ3n) is 3.33. The van der Waals surface area contributed by atoms with E-state index in [-0.39, 0.29) is 11.9 Å². The van der Waals surface area contributed by atoms with Gasteiger partial charge in [0.15, 0.2) is 0 Å². The Kier molecular flexibility index (Phi) is 5.16. The van der Waals surface area contributed by atoms with Crippen molar-refractivity contribution in [3.05, 3.63) is 70.0 Å². The van der Waals surface area contributed by atoms with Crippen LogP contribution in [0, 0.1) is 12.7 Å². The smallest absolute Gasteiger partial charge is 0.123 e. The van der Waals surface area contributed by atoms with Crippen LogP contribution in [0.15, 0.2) is 42.5 Å². The van der Waals surface area contributed by atoms with Crippen molar-refractivity contribution in [1.82, 2.24) is 5.32 Å². The molecule has 1 atom stereocenters. The Hall–Kier alpha value is -1.38. The molecule has 0 saturated carbocycles. The highest BCUT2D eigenvalue weighted by Gasteiger charge is 2.16. The van der Waals surface area contributed by atoms with Crippen LogP contribution in [-0.4, -0.2) is 6.54 Å². The highest BCUT2D eigenvalue weighted by Crippen LogP contribution is 2.27. The molecule has 0 aliphatic carbocycles. The molecule has 0 heterocycles. The van der Waals surface area contributed by atoms with E-state index in [0.717, 1.165) is 29.7 Å². The number of rotatable bonds is 5.